The summed E-state index contributed by atoms with van der Waals surface area (Å²) in [6.07, 6.45) is 3.91. The molecule has 4 heterocycles. The van der Waals surface area contributed by atoms with Crippen LogP contribution in [-0.2, 0) is 20.8 Å². The Morgan fingerprint density at radius 1 is 1.23 bits per heavy atom. The molecule has 0 radical (unpaired) electrons. The Balaban J connectivity index is 1.59. The van der Waals surface area contributed by atoms with Crippen molar-refractivity contribution in [3.63, 3.8) is 0 Å². The van der Waals surface area contributed by atoms with E-state index < -0.39 is 0 Å². The average molecular weight is 420 g/mol. The molecule has 0 aliphatic carbocycles. The molecule has 0 bridgehead atoms. The molecule has 160 valence electrons. The maximum Gasteiger partial charge on any atom is 0.307 e. The first-order valence-electron chi connectivity index (χ1n) is 10.5. The Hall–Kier alpha value is -3.46. The summed E-state index contributed by atoms with van der Waals surface area (Å²) in [5.41, 5.74) is 4.21. The molecule has 9 nitrogen and oxygen atoms in total. The zero-order valence-electron chi connectivity index (χ0n) is 17.4. The molecule has 0 spiro atoms. The van der Waals surface area contributed by atoms with Gasteiger partial charge in [-0.25, -0.2) is 9.97 Å². The predicted octanol–water partition coefficient (Wildman–Crippen LogP) is 2.76. The van der Waals surface area contributed by atoms with Crippen molar-refractivity contribution < 1.29 is 14.3 Å². The van der Waals surface area contributed by atoms with Crippen LogP contribution in [0, 0.1) is 0 Å². The molecule has 1 N–H and O–H groups in total. The number of ether oxygens (including phenoxy) is 2. The number of aromatic nitrogens is 5. The van der Waals surface area contributed by atoms with Gasteiger partial charge in [0.05, 0.1) is 32.6 Å². The molecular weight excluding hydrogens is 396 g/mol. The molecule has 5 rings (SSSR count). The van der Waals surface area contributed by atoms with Crippen LogP contribution in [0.15, 0.2) is 36.8 Å². The first-order chi connectivity index (χ1) is 15.2. The van der Waals surface area contributed by atoms with Gasteiger partial charge >= 0.3 is 5.97 Å². The molecule has 4 aromatic rings. The predicted molar refractivity (Wildman–Crippen MR) is 117 cm³/mol. The van der Waals surface area contributed by atoms with E-state index in [0.29, 0.717) is 43.5 Å². The number of anilines is 1. The number of H-pyrrole nitrogens is 1. The van der Waals surface area contributed by atoms with Crippen molar-refractivity contribution in [3.8, 4) is 11.3 Å². The molecule has 0 saturated carbocycles. The zero-order chi connectivity index (χ0) is 21.2. The SMILES string of the molecule is CCOC(=O)CCn1cnc2c(-c3ccc4cc[nH]c4c3)nc(N3CCOCC3)nc21. The highest BCUT2D eigenvalue weighted by molar-refractivity contribution is 5.92. The van der Waals surface area contributed by atoms with Crippen molar-refractivity contribution in [2.75, 3.05) is 37.8 Å². The number of nitrogens with zero attached hydrogens (tertiary/aromatic N) is 5. The second kappa shape index (κ2) is 8.35. The lowest BCUT2D eigenvalue weighted by atomic mass is 10.1. The van der Waals surface area contributed by atoms with Gasteiger partial charge in [-0.2, -0.15) is 4.98 Å². The van der Waals surface area contributed by atoms with E-state index >= 15 is 0 Å². The summed E-state index contributed by atoms with van der Waals surface area (Å²) in [4.78, 5) is 31.6. The number of hydrogen-bond acceptors (Lipinski definition) is 7. The molecule has 3 aromatic heterocycles. The van der Waals surface area contributed by atoms with Crippen LogP contribution >= 0.6 is 0 Å². The van der Waals surface area contributed by atoms with Gasteiger partial charge in [0.1, 0.15) is 11.2 Å². The van der Waals surface area contributed by atoms with Crippen LogP contribution in [0.25, 0.3) is 33.3 Å². The summed E-state index contributed by atoms with van der Waals surface area (Å²) < 4.78 is 12.5. The molecule has 1 fully saturated rings. The standard InChI is InChI=1S/C22H24N6O3/c1-2-31-18(29)6-8-28-14-24-20-19(16-4-3-15-5-7-23-17(15)13-16)25-22(26-21(20)28)27-9-11-30-12-10-27/h3-5,7,13-14,23H,2,6,8-12H2,1H3. The Kier molecular flexibility index (Phi) is 5.25. The minimum Gasteiger partial charge on any atom is -0.466 e. The summed E-state index contributed by atoms with van der Waals surface area (Å²) in [5.74, 6) is 0.416. The van der Waals surface area contributed by atoms with Gasteiger partial charge in [0.2, 0.25) is 5.95 Å². The highest BCUT2D eigenvalue weighted by Gasteiger charge is 2.20. The molecule has 31 heavy (non-hydrogen) atoms. The summed E-state index contributed by atoms with van der Waals surface area (Å²) in [6, 6.07) is 8.25. The fraction of sp³-hybridized carbons (Fsp3) is 0.364. The van der Waals surface area contributed by atoms with Crippen molar-refractivity contribution in [1.82, 2.24) is 24.5 Å². The average Bonchev–Trinajstić information content (AvgIpc) is 3.44. The first kappa shape index (κ1) is 19.5. The Bertz CT molecular complexity index is 1220. The lowest BCUT2D eigenvalue weighted by Gasteiger charge is -2.27. The number of rotatable bonds is 6. The third kappa shape index (κ3) is 3.84. The van der Waals surface area contributed by atoms with Crippen LogP contribution in [0.5, 0.6) is 0 Å². The maximum atomic E-state index is 11.9. The molecule has 1 aromatic carbocycles. The smallest absolute Gasteiger partial charge is 0.307 e. The number of benzene rings is 1. The van der Waals surface area contributed by atoms with Crippen LogP contribution in [0.2, 0.25) is 0 Å². The first-order valence-corrected chi connectivity index (χ1v) is 10.5. The molecule has 0 amide bonds. The highest BCUT2D eigenvalue weighted by Crippen LogP contribution is 2.30. The number of morpholine rings is 1. The summed E-state index contributed by atoms with van der Waals surface area (Å²) >= 11 is 0. The van der Waals surface area contributed by atoms with E-state index in [1.807, 2.05) is 16.8 Å². The van der Waals surface area contributed by atoms with Crippen molar-refractivity contribution in [2.24, 2.45) is 0 Å². The molecule has 1 aliphatic rings. The van der Waals surface area contributed by atoms with Crippen molar-refractivity contribution in [1.29, 1.82) is 0 Å². The molecular formula is C22H24N6O3. The molecule has 1 saturated heterocycles. The third-order valence-electron chi connectivity index (χ3n) is 5.44. The summed E-state index contributed by atoms with van der Waals surface area (Å²) in [6.45, 7) is 5.39. The number of nitrogens with one attached hydrogen (secondary N) is 1. The lowest BCUT2D eigenvalue weighted by Crippen LogP contribution is -2.37. The van der Waals surface area contributed by atoms with Crippen molar-refractivity contribution in [3.05, 3.63) is 36.8 Å². The number of carbonyl (C=O) groups excluding carboxylic acids is 1. The van der Waals surface area contributed by atoms with Gasteiger partial charge in [-0.05, 0) is 24.4 Å². The quantitative estimate of drug-likeness (QED) is 0.479. The van der Waals surface area contributed by atoms with Gasteiger partial charge in [0.15, 0.2) is 5.65 Å². The normalized spacial score (nSPS) is 14.4. The van der Waals surface area contributed by atoms with E-state index in [0.717, 1.165) is 35.2 Å². The molecule has 1 aliphatic heterocycles. The van der Waals surface area contributed by atoms with Gasteiger partial charge in [-0.15, -0.1) is 0 Å². The Morgan fingerprint density at radius 3 is 2.94 bits per heavy atom. The number of aromatic amines is 1. The minimum atomic E-state index is -0.232. The molecule has 0 unspecified atom stereocenters. The van der Waals surface area contributed by atoms with Gasteiger partial charge < -0.3 is 23.9 Å². The van der Waals surface area contributed by atoms with E-state index in [-0.39, 0.29) is 12.4 Å². The molecule has 9 heteroatoms. The lowest BCUT2D eigenvalue weighted by molar-refractivity contribution is -0.143. The fourth-order valence-corrected chi connectivity index (χ4v) is 3.84. The minimum absolute atomic E-state index is 0.232. The highest BCUT2D eigenvalue weighted by atomic mass is 16.5. The second-order valence-electron chi connectivity index (χ2n) is 7.42. The zero-order valence-corrected chi connectivity index (χ0v) is 17.4. The van der Waals surface area contributed by atoms with Crippen LogP contribution in [0.4, 0.5) is 5.95 Å². The largest absolute Gasteiger partial charge is 0.466 e. The fourth-order valence-electron chi connectivity index (χ4n) is 3.84. The van der Waals surface area contributed by atoms with E-state index in [1.165, 1.54) is 0 Å². The van der Waals surface area contributed by atoms with Gasteiger partial charge in [-0.3, -0.25) is 4.79 Å². The van der Waals surface area contributed by atoms with E-state index in [2.05, 4.69) is 33.1 Å². The number of imidazole rings is 1. The number of carbonyl (C=O) groups is 1. The third-order valence-corrected chi connectivity index (χ3v) is 5.44. The van der Waals surface area contributed by atoms with Crippen LogP contribution < -0.4 is 4.90 Å². The number of fused-ring (bicyclic) bond motifs is 2. The van der Waals surface area contributed by atoms with Crippen molar-refractivity contribution >= 4 is 34.0 Å². The monoisotopic (exact) mass is 420 g/mol. The van der Waals surface area contributed by atoms with Crippen LogP contribution in [-0.4, -0.2) is 63.4 Å². The van der Waals surface area contributed by atoms with E-state index in [4.69, 9.17) is 19.4 Å². The number of esters is 1. The topological polar surface area (TPSA) is 98.2 Å². The van der Waals surface area contributed by atoms with Gasteiger partial charge in [0, 0.05) is 36.9 Å². The number of aryl methyl sites for hydroxylation is 1. The van der Waals surface area contributed by atoms with Gasteiger partial charge in [0.25, 0.3) is 0 Å². The van der Waals surface area contributed by atoms with Crippen LogP contribution in [0.1, 0.15) is 13.3 Å². The number of hydrogen-bond donors (Lipinski definition) is 1. The molecule has 0 atom stereocenters. The van der Waals surface area contributed by atoms with E-state index in [1.54, 1.807) is 13.3 Å². The Morgan fingerprint density at radius 2 is 2.10 bits per heavy atom. The van der Waals surface area contributed by atoms with Crippen LogP contribution in [0.3, 0.4) is 0 Å². The van der Waals surface area contributed by atoms with Crippen molar-refractivity contribution in [2.45, 2.75) is 19.9 Å². The maximum absolute atomic E-state index is 11.9. The second-order valence-corrected chi connectivity index (χ2v) is 7.42. The Labute approximate surface area is 179 Å². The van der Waals surface area contributed by atoms with E-state index in [9.17, 15) is 4.79 Å². The summed E-state index contributed by atoms with van der Waals surface area (Å²) in [5, 5.41) is 1.14. The van der Waals surface area contributed by atoms with Gasteiger partial charge in [-0.1, -0.05) is 12.1 Å². The summed E-state index contributed by atoms with van der Waals surface area (Å²) in [7, 11) is 0.